The van der Waals surface area contributed by atoms with E-state index in [0.29, 0.717) is 5.75 Å². The molecule has 0 saturated carbocycles. The van der Waals surface area contributed by atoms with Crippen LogP contribution in [0.1, 0.15) is 12.5 Å². The largest absolute Gasteiger partial charge is 0.418 e. The van der Waals surface area contributed by atoms with Crippen molar-refractivity contribution in [2.24, 2.45) is 0 Å². The second-order valence-corrected chi connectivity index (χ2v) is 5.25. The van der Waals surface area contributed by atoms with E-state index in [1.54, 1.807) is 6.07 Å². The zero-order valence-corrected chi connectivity index (χ0v) is 12.1. The number of benzene rings is 2. The summed E-state index contributed by atoms with van der Waals surface area (Å²) in [6.07, 6.45) is 0. The maximum Gasteiger partial charge on any atom is 0.313 e. The minimum atomic E-state index is -0.412. The minimum absolute atomic E-state index is 0.00930. The smallest absolute Gasteiger partial charge is 0.313 e. The van der Waals surface area contributed by atoms with Gasteiger partial charge in [-0.2, -0.15) is 0 Å². The number of hydrogen-bond acceptors (Lipinski definition) is 4. The molecule has 0 spiro atoms. The lowest BCUT2D eigenvalue weighted by Gasteiger charge is -2.10. The van der Waals surface area contributed by atoms with Crippen LogP contribution in [0.4, 0.5) is 5.69 Å². The van der Waals surface area contributed by atoms with Crippen molar-refractivity contribution in [1.82, 2.24) is 0 Å². The Labute approximate surface area is 122 Å². The monoisotopic (exact) mass is 289 g/mol. The van der Waals surface area contributed by atoms with Crippen molar-refractivity contribution in [1.29, 1.82) is 0 Å². The summed E-state index contributed by atoms with van der Waals surface area (Å²) in [4.78, 5) is 10.7. The van der Waals surface area contributed by atoms with Gasteiger partial charge in [0, 0.05) is 17.4 Å². The predicted octanol–water partition coefficient (Wildman–Crippen LogP) is 4.62. The first-order valence-electron chi connectivity index (χ1n) is 6.27. The molecule has 5 heteroatoms. The Morgan fingerprint density at radius 3 is 2.65 bits per heavy atom. The molecule has 0 bridgehead atoms. The minimum Gasteiger partial charge on any atom is -0.418 e. The van der Waals surface area contributed by atoms with Gasteiger partial charge in [0.25, 0.3) is 0 Å². The molecule has 0 N–H and O–H groups in total. The van der Waals surface area contributed by atoms with E-state index < -0.39 is 4.92 Å². The Bertz CT molecular complexity index is 628. The summed E-state index contributed by atoms with van der Waals surface area (Å²) in [5.41, 5.74) is 2.75. The molecule has 0 radical (unpaired) electrons. The molecule has 104 valence electrons. The standard InChI is InChI=1S/C15H15NO3S/c1-3-20-19-15-13(8-5-9-14(15)16(17)18)12-7-4-6-11(2)10-12/h4-10H,3H2,1-2H3. The Morgan fingerprint density at radius 2 is 2.00 bits per heavy atom. The molecule has 4 nitrogen and oxygen atoms in total. The average molecular weight is 289 g/mol. The van der Waals surface area contributed by atoms with Crippen LogP contribution in [0, 0.1) is 17.0 Å². The highest BCUT2D eigenvalue weighted by Crippen LogP contribution is 2.39. The van der Waals surface area contributed by atoms with Crippen LogP contribution >= 0.6 is 12.0 Å². The summed E-state index contributed by atoms with van der Waals surface area (Å²) in [6.45, 7) is 3.92. The van der Waals surface area contributed by atoms with Gasteiger partial charge in [0.15, 0.2) is 0 Å². The third-order valence-corrected chi connectivity index (χ3v) is 3.30. The molecule has 0 fully saturated rings. The zero-order valence-electron chi connectivity index (χ0n) is 11.3. The highest BCUT2D eigenvalue weighted by Gasteiger charge is 2.20. The number of nitro benzene ring substituents is 1. The van der Waals surface area contributed by atoms with Gasteiger partial charge < -0.3 is 4.18 Å². The molecule has 0 atom stereocenters. The van der Waals surface area contributed by atoms with Crippen LogP contribution in [0.3, 0.4) is 0 Å². The number of rotatable bonds is 5. The maximum atomic E-state index is 11.2. The first-order chi connectivity index (χ1) is 9.63. The summed E-state index contributed by atoms with van der Waals surface area (Å²) in [5.74, 6) is 1.04. The lowest BCUT2D eigenvalue weighted by atomic mass is 10.0. The van der Waals surface area contributed by atoms with Gasteiger partial charge in [0.2, 0.25) is 5.75 Å². The molecule has 2 aromatic carbocycles. The van der Waals surface area contributed by atoms with Gasteiger partial charge >= 0.3 is 5.69 Å². The third kappa shape index (κ3) is 3.11. The van der Waals surface area contributed by atoms with Crippen LogP contribution in [0.5, 0.6) is 5.75 Å². The normalized spacial score (nSPS) is 10.3. The fourth-order valence-electron chi connectivity index (χ4n) is 1.91. The number of aryl methyl sites for hydroxylation is 1. The van der Waals surface area contributed by atoms with Gasteiger partial charge in [-0.15, -0.1) is 0 Å². The van der Waals surface area contributed by atoms with E-state index in [-0.39, 0.29) is 5.69 Å². The van der Waals surface area contributed by atoms with Gasteiger partial charge in [0.05, 0.1) is 17.0 Å². The number of para-hydroxylation sites is 1. The molecule has 0 aliphatic heterocycles. The first-order valence-corrected chi connectivity index (χ1v) is 7.18. The van der Waals surface area contributed by atoms with E-state index in [9.17, 15) is 10.1 Å². The summed E-state index contributed by atoms with van der Waals surface area (Å²) in [5, 5.41) is 11.2. The third-order valence-electron chi connectivity index (χ3n) is 2.78. The second-order valence-electron chi connectivity index (χ2n) is 4.27. The topological polar surface area (TPSA) is 52.4 Å². The molecule has 0 unspecified atom stereocenters. The van der Waals surface area contributed by atoms with E-state index in [0.717, 1.165) is 22.4 Å². The number of nitro groups is 1. The van der Waals surface area contributed by atoms with E-state index in [4.69, 9.17) is 4.18 Å². The molecule has 0 aliphatic carbocycles. The molecule has 0 saturated heterocycles. The Morgan fingerprint density at radius 1 is 1.25 bits per heavy atom. The van der Waals surface area contributed by atoms with Crippen molar-refractivity contribution >= 4 is 17.7 Å². The van der Waals surface area contributed by atoms with E-state index in [2.05, 4.69) is 0 Å². The molecule has 20 heavy (non-hydrogen) atoms. The van der Waals surface area contributed by atoms with Crippen LogP contribution < -0.4 is 4.18 Å². The lowest BCUT2D eigenvalue weighted by Crippen LogP contribution is -1.95. The van der Waals surface area contributed by atoms with Crippen LogP contribution in [0.15, 0.2) is 42.5 Å². The van der Waals surface area contributed by atoms with E-state index in [1.165, 1.54) is 18.1 Å². The SMILES string of the molecule is CCSOc1c(-c2cccc(C)c2)cccc1[N+](=O)[O-]. The molecule has 0 aliphatic rings. The van der Waals surface area contributed by atoms with Gasteiger partial charge in [0.1, 0.15) is 0 Å². The lowest BCUT2D eigenvalue weighted by molar-refractivity contribution is -0.385. The molecule has 0 aromatic heterocycles. The molecule has 2 aromatic rings. The van der Waals surface area contributed by atoms with Crippen molar-refractivity contribution < 1.29 is 9.11 Å². The zero-order chi connectivity index (χ0) is 14.5. The van der Waals surface area contributed by atoms with Gasteiger partial charge in [-0.1, -0.05) is 48.9 Å². The van der Waals surface area contributed by atoms with Crippen LogP contribution in [-0.4, -0.2) is 10.7 Å². The van der Waals surface area contributed by atoms with Gasteiger partial charge in [-0.25, -0.2) is 0 Å². The summed E-state index contributed by atoms with van der Waals surface area (Å²) in [7, 11) is 0. The fraction of sp³-hybridized carbons (Fsp3) is 0.200. The quantitative estimate of drug-likeness (QED) is 0.458. The van der Waals surface area contributed by atoms with Gasteiger partial charge in [-0.05, 0) is 12.5 Å². The van der Waals surface area contributed by atoms with Crippen molar-refractivity contribution in [2.75, 3.05) is 5.75 Å². The Kier molecular flexibility index (Phi) is 4.63. The molecule has 0 heterocycles. The molecule has 0 amide bonds. The van der Waals surface area contributed by atoms with Crippen molar-refractivity contribution in [3.63, 3.8) is 0 Å². The highest BCUT2D eigenvalue weighted by molar-refractivity contribution is 7.94. The number of nitrogens with zero attached hydrogens (tertiary/aromatic N) is 1. The van der Waals surface area contributed by atoms with Crippen molar-refractivity contribution in [3.05, 3.63) is 58.1 Å². The molecular weight excluding hydrogens is 274 g/mol. The van der Waals surface area contributed by atoms with E-state index in [1.807, 2.05) is 44.2 Å². The summed E-state index contributed by atoms with van der Waals surface area (Å²) < 4.78 is 5.55. The Balaban J connectivity index is 2.56. The molecule has 2 rings (SSSR count). The van der Waals surface area contributed by atoms with Crippen LogP contribution in [-0.2, 0) is 0 Å². The van der Waals surface area contributed by atoms with E-state index >= 15 is 0 Å². The van der Waals surface area contributed by atoms with Crippen molar-refractivity contribution in [2.45, 2.75) is 13.8 Å². The maximum absolute atomic E-state index is 11.2. The first kappa shape index (κ1) is 14.4. The molecular formula is C15H15NO3S. The van der Waals surface area contributed by atoms with Crippen LogP contribution in [0.2, 0.25) is 0 Å². The predicted molar refractivity (Wildman–Crippen MR) is 82.0 cm³/mol. The highest BCUT2D eigenvalue weighted by atomic mass is 32.2. The van der Waals surface area contributed by atoms with Gasteiger partial charge in [-0.3, -0.25) is 10.1 Å². The van der Waals surface area contributed by atoms with Crippen molar-refractivity contribution in [3.8, 4) is 16.9 Å². The average Bonchev–Trinajstić information content (AvgIpc) is 2.44. The number of hydrogen-bond donors (Lipinski definition) is 0. The van der Waals surface area contributed by atoms with Crippen LogP contribution in [0.25, 0.3) is 11.1 Å². The summed E-state index contributed by atoms with van der Waals surface area (Å²) in [6, 6.07) is 12.8. The Hall–Kier alpha value is -2.01. The second kappa shape index (κ2) is 6.43. The summed E-state index contributed by atoms with van der Waals surface area (Å²) >= 11 is 1.20. The fourth-order valence-corrected chi connectivity index (χ4v) is 2.32.